The van der Waals surface area contributed by atoms with Crippen molar-refractivity contribution in [1.29, 1.82) is 0 Å². The summed E-state index contributed by atoms with van der Waals surface area (Å²) in [6, 6.07) is 3.62. The number of benzene rings is 1. The van der Waals surface area contributed by atoms with Crippen LogP contribution in [0.15, 0.2) is 18.2 Å². The van der Waals surface area contributed by atoms with Crippen LogP contribution in [0.25, 0.3) is 0 Å². The van der Waals surface area contributed by atoms with Crippen molar-refractivity contribution in [2.24, 2.45) is 0 Å². The number of aliphatic hydroxyl groups is 1. The van der Waals surface area contributed by atoms with Crippen molar-refractivity contribution in [3.05, 3.63) is 33.8 Å². The van der Waals surface area contributed by atoms with Crippen LogP contribution in [0.4, 0.5) is 0 Å². The molecule has 2 amide bonds. The van der Waals surface area contributed by atoms with Gasteiger partial charge in [-0.25, -0.2) is 0 Å². The van der Waals surface area contributed by atoms with Gasteiger partial charge in [0.15, 0.2) is 0 Å². The number of aliphatic hydroxyl groups excluding tert-OH is 1. The largest absolute Gasteiger partial charge is 0.394 e. The normalized spacial score (nSPS) is 13.4. The van der Waals surface area contributed by atoms with E-state index in [1.165, 1.54) is 6.07 Å². The van der Waals surface area contributed by atoms with E-state index in [4.69, 9.17) is 28.3 Å². The highest BCUT2D eigenvalue weighted by molar-refractivity contribution is 6.43. The van der Waals surface area contributed by atoms with Gasteiger partial charge in [-0.15, -0.1) is 0 Å². The number of amides is 2. The van der Waals surface area contributed by atoms with E-state index >= 15 is 0 Å². The highest BCUT2D eigenvalue weighted by atomic mass is 35.5. The van der Waals surface area contributed by atoms with Gasteiger partial charge < -0.3 is 15.7 Å². The second kappa shape index (κ2) is 8.22. The summed E-state index contributed by atoms with van der Waals surface area (Å²) in [5.74, 6) is -0.857. The molecular weight excluding hydrogens is 315 g/mol. The SMILES string of the molecule is CCC(CO)NC(=O)C(C)NC(=O)c1cccc(Cl)c1Cl. The molecule has 0 fully saturated rings. The van der Waals surface area contributed by atoms with Crippen LogP contribution in [-0.2, 0) is 4.79 Å². The Balaban J connectivity index is 2.69. The molecule has 0 aliphatic rings. The molecule has 0 saturated heterocycles. The van der Waals surface area contributed by atoms with Crippen molar-refractivity contribution < 1.29 is 14.7 Å². The van der Waals surface area contributed by atoms with Crippen molar-refractivity contribution in [3.8, 4) is 0 Å². The molecule has 7 heteroatoms. The van der Waals surface area contributed by atoms with Gasteiger partial charge in [0.1, 0.15) is 6.04 Å². The molecule has 5 nitrogen and oxygen atoms in total. The summed E-state index contributed by atoms with van der Waals surface area (Å²) in [5.41, 5.74) is 0.206. The maximum Gasteiger partial charge on any atom is 0.253 e. The van der Waals surface area contributed by atoms with Gasteiger partial charge >= 0.3 is 0 Å². The van der Waals surface area contributed by atoms with Crippen molar-refractivity contribution in [1.82, 2.24) is 10.6 Å². The first-order valence-corrected chi connectivity index (χ1v) is 7.32. The van der Waals surface area contributed by atoms with Gasteiger partial charge in [0.25, 0.3) is 5.91 Å². The average molecular weight is 333 g/mol. The van der Waals surface area contributed by atoms with Crippen molar-refractivity contribution in [2.75, 3.05) is 6.61 Å². The molecule has 0 aliphatic heterocycles. The number of rotatable bonds is 6. The Morgan fingerprint density at radius 2 is 1.95 bits per heavy atom. The molecule has 0 aliphatic carbocycles. The molecule has 1 aromatic rings. The van der Waals surface area contributed by atoms with Crippen molar-refractivity contribution >= 4 is 35.0 Å². The standard InChI is InChI=1S/C14H18Cl2N2O3/c1-3-9(7-19)18-13(20)8(2)17-14(21)10-5-4-6-11(15)12(10)16/h4-6,8-9,19H,3,7H2,1-2H3,(H,17,21)(H,18,20). The van der Waals surface area contributed by atoms with E-state index in [1.54, 1.807) is 19.1 Å². The van der Waals surface area contributed by atoms with E-state index in [2.05, 4.69) is 10.6 Å². The van der Waals surface area contributed by atoms with Gasteiger partial charge in [-0.05, 0) is 25.5 Å². The van der Waals surface area contributed by atoms with Crippen molar-refractivity contribution in [3.63, 3.8) is 0 Å². The molecule has 0 bridgehead atoms. The molecule has 2 atom stereocenters. The predicted octanol–water partition coefficient (Wildman–Crippen LogP) is 2.00. The fraction of sp³-hybridized carbons (Fsp3) is 0.429. The zero-order valence-electron chi connectivity index (χ0n) is 11.8. The third-order valence-electron chi connectivity index (χ3n) is 3.00. The molecule has 116 valence electrons. The fourth-order valence-corrected chi connectivity index (χ4v) is 2.01. The molecule has 0 radical (unpaired) electrons. The molecule has 0 aromatic heterocycles. The number of nitrogens with one attached hydrogen (secondary N) is 2. The molecule has 3 N–H and O–H groups in total. The van der Waals surface area contributed by atoms with Gasteiger partial charge in [0, 0.05) is 0 Å². The lowest BCUT2D eigenvalue weighted by atomic mass is 10.2. The van der Waals surface area contributed by atoms with E-state index in [9.17, 15) is 9.59 Å². The Morgan fingerprint density at radius 1 is 1.29 bits per heavy atom. The molecule has 21 heavy (non-hydrogen) atoms. The molecule has 0 saturated carbocycles. The molecule has 1 rings (SSSR count). The zero-order valence-corrected chi connectivity index (χ0v) is 13.3. The lowest BCUT2D eigenvalue weighted by Gasteiger charge is -2.19. The number of halogens is 2. The van der Waals surface area contributed by atoms with Crippen LogP contribution in [0.1, 0.15) is 30.6 Å². The maximum atomic E-state index is 12.1. The summed E-state index contributed by atoms with van der Waals surface area (Å²) < 4.78 is 0. The minimum Gasteiger partial charge on any atom is -0.394 e. The number of carbonyl (C=O) groups is 2. The Bertz CT molecular complexity index is 519. The third-order valence-corrected chi connectivity index (χ3v) is 3.82. The predicted molar refractivity (Wildman–Crippen MR) is 82.7 cm³/mol. The van der Waals surface area contributed by atoms with Gasteiger partial charge in [-0.1, -0.05) is 36.2 Å². The van der Waals surface area contributed by atoms with Gasteiger partial charge in [-0.2, -0.15) is 0 Å². The number of hydrogen-bond donors (Lipinski definition) is 3. The van der Waals surface area contributed by atoms with E-state index in [1.807, 2.05) is 6.92 Å². The number of carbonyl (C=O) groups excluding carboxylic acids is 2. The third kappa shape index (κ3) is 4.88. The first-order valence-electron chi connectivity index (χ1n) is 6.56. The Kier molecular flexibility index (Phi) is 6.95. The molecular formula is C14H18Cl2N2O3. The number of hydrogen-bond acceptors (Lipinski definition) is 3. The smallest absolute Gasteiger partial charge is 0.253 e. The van der Waals surface area contributed by atoms with Crippen LogP contribution in [0.5, 0.6) is 0 Å². The fourth-order valence-electron chi connectivity index (χ4n) is 1.62. The average Bonchev–Trinajstić information content (AvgIpc) is 2.46. The van der Waals surface area contributed by atoms with E-state index in [-0.39, 0.29) is 34.2 Å². The molecule has 0 heterocycles. The molecule has 1 aromatic carbocycles. The summed E-state index contributed by atoms with van der Waals surface area (Å²) in [6.07, 6.45) is 0.600. The Hall–Kier alpha value is -1.30. The van der Waals surface area contributed by atoms with Gasteiger partial charge in [0.05, 0.1) is 28.3 Å². The maximum absolute atomic E-state index is 12.1. The lowest BCUT2D eigenvalue weighted by molar-refractivity contribution is -0.123. The van der Waals surface area contributed by atoms with E-state index in [0.29, 0.717) is 6.42 Å². The molecule has 2 unspecified atom stereocenters. The van der Waals surface area contributed by atoms with Crippen LogP contribution >= 0.6 is 23.2 Å². The lowest BCUT2D eigenvalue weighted by Crippen LogP contribution is -2.48. The van der Waals surface area contributed by atoms with Gasteiger partial charge in [0.2, 0.25) is 5.91 Å². The summed E-state index contributed by atoms with van der Waals surface area (Å²) in [5, 5.41) is 14.6. The van der Waals surface area contributed by atoms with E-state index < -0.39 is 11.9 Å². The van der Waals surface area contributed by atoms with Gasteiger partial charge in [-0.3, -0.25) is 9.59 Å². The van der Waals surface area contributed by atoms with E-state index in [0.717, 1.165) is 0 Å². The van der Waals surface area contributed by atoms with Crippen LogP contribution < -0.4 is 10.6 Å². The summed E-state index contributed by atoms with van der Waals surface area (Å²) in [4.78, 5) is 24.0. The summed E-state index contributed by atoms with van der Waals surface area (Å²) >= 11 is 11.8. The minimum absolute atomic E-state index is 0.145. The van der Waals surface area contributed by atoms with Crippen LogP contribution in [-0.4, -0.2) is 35.6 Å². The van der Waals surface area contributed by atoms with Crippen LogP contribution in [0.3, 0.4) is 0 Å². The zero-order chi connectivity index (χ0) is 16.0. The first kappa shape index (κ1) is 17.8. The quantitative estimate of drug-likeness (QED) is 0.745. The first-order chi connectivity index (χ1) is 9.90. The van der Waals surface area contributed by atoms with Crippen molar-refractivity contribution in [2.45, 2.75) is 32.4 Å². The highest BCUT2D eigenvalue weighted by Crippen LogP contribution is 2.25. The minimum atomic E-state index is -0.756. The summed E-state index contributed by atoms with van der Waals surface area (Å²) in [7, 11) is 0. The highest BCUT2D eigenvalue weighted by Gasteiger charge is 2.20. The van der Waals surface area contributed by atoms with Crippen LogP contribution in [0.2, 0.25) is 10.0 Å². The Morgan fingerprint density at radius 3 is 2.52 bits per heavy atom. The molecule has 0 spiro atoms. The summed E-state index contributed by atoms with van der Waals surface area (Å²) in [6.45, 7) is 3.25. The monoisotopic (exact) mass is 332 g/mol. The van der Waals surface area contributed by atoms with Crippen LogP contribution in [0, 0.1) is 0 Å². The second-order valence-corrected chi connectivity index (χ2v) is 5.38. The topological polar surface area (TPSA) is 78.4 Å². The Labute approximate surface area is 133 Å². The second-order valence-electron chi connectivity index (χ2n) is 4.59.